The first-order valence-electron chi connectivity index (χ1n) is 6.93. The van der Waals surface area contributed by atoms with Crippen molar-refractivity contribution >= 4 is 34.0 Å². The third-order valence-electron chi connectivity index (χ3n) is 3.45. The fourth-order valence-corrected chi connectivity index (χ4v) is 3.39. The third-order valence-corrected chi connectivity index (χ3v) is 4.66. The van der Waals surface area contributed by atoms with Gasteiger partial charge in [-0.1, -0.05) is 65.4 Å². The Kier molecular flexibility index (Phi) is 3.44. The summed E-state index contributed by atoms with van der Waals surface area (Å²) in [5.41, 5.74) is 1.68. The maximum atomic E-state index is 12.7. The third kappa shape index (κ3) is 2.54. The van der Waals surface area contributed by atoms with Crippen molar-refractivity contribution in [1.82, 2.24) is 14.6 Å². The van der Waals surface area contributed by atoms with Crippen molar-refractivity contribution in [2.75, 3.05) is 0 Å². The summed E-state index contributed by atoms with van der Waals surface area (Å²) in [5, 5.41) is 8.93. The van der Waals surface area contributed by atoms with E-state index in [1.165, 1.54) is 11.3 Å². The summed E-state index contributed by atoms with van der Waals surface area (Å²) in [6, 6.07) is 16.9. The monoisotopic (exact) mass is 339 g/mol. The van der Waals surface area contributed by atoms with Crippen molar-refractivity contribution in [1.29, 1.82) is 0 Å². The Morgan fingerprint density at radius 2 is 1.74 bits per heavy atom. The van der Waals surface area contributed by atoms with Crippen LogP contribution in [0.4, 0.5) is 0 Å². The first kappa shape index (κ1) is 14.1. The van der Waals surface area contributed by atoms with Crippen molar-refractivity contribution in [3.63, 3.8) is 0 Å². The van der Waals surface area contributed by atoms with Gasteiger partial charge in [0.25, 0.3) is 5.56 Å². The Balaban J connectivity index is 1.91. The van der Waals surface area contributed by atoms with E-state index in [0.717, 1.165) is 11.1 Å². The lowest BCUT2D eigenvalue weighted by atomic mass is 10.2. The van der Waals surface area contributed by atoms with E-state index in [0.29, 0.717) is 20.3 Å². The zero-order valence-corrected chi connectivity index (χ0v) is 13.4. The van der Waals surface area contributed by atoms with E-state index in [9.17, 15) is 4.79 Å². The van der Waals surface area contributed by atoms with Crippen LogP contribution >= 0.6 is 22.9 Å². The molecule has 0 bridgehead atoms. The minimum absolute atomic E-state index is 0.108. The molecule has 0 saturated heterocycles. The summed E-state index contributed by atoms with van der Waals surface area (Å²) < 4.78 is 2.18. The topological polar surface area (TPSA) is 47.3 Å². The van der Waals surface area contributed by atoms with Crippen LogP contribution in [0, 0.1) is 0 Å². The molecule has 0 spiro atoms. The Labute approximate surface area is 140 Å². The lowest BCUT2D eigenvalue weighted by Crippen LogP contribution is -2.23. The zero-order valence-electron chi connectivity index (χ0n) is 11.8. The molecule has 0 saturated carbocycles. The second-order valence-electron chi connectivity index (χ2n) is 4.97. The number of hydrogen-bond donors (Lipinski definition) is 0. The molecule has 0 aliphatic heterocycles. The Hall–Kier alpha value is -2.50. The van der Waals surface area contributed by atoms with Gasteiger partial charge in [-0.2, -0.15) is 0 Å². The van der Waals surface area contributed by atoms with E-state index in [1.54, 1.807) is 16.5 Å². The van der Waals surface area contributed by atoms with Gasteiger partial charge in [-0.15, -0.1) is 10.2 Å². The number of rotatable bonds is 2. The summed E-state index contributed by atoms with van der Waals surface area (Å²) in [6.45, 7) is 0. The summed E-state index contributed by atoms with van der Waals surface area (Å²) >= 11 is 7.21. The fraction of sp³-hybridized carbons (Fsp3) is 0. The van der Waals surface area contributed by atoms with E-state index in [2.05, 4.69) is 10.2 Å². The van der Waals surface area contributed by atoms with Gasteiger partial charge in [-0.3, -0.25) is 4.79 Å². The van der Waals surface area contributed by atoms with E-state index in [1.807, 2.05) is 48.5 Å². The molecule has 4 rings (SSSR count). The zero-order chi connectivity index (χ0) is 15.8. The molecule has 0 amide bonds. The van der Waals surface area contributed by atoms with Crippen LogP contribution in [0.3, 0.4) is 0 Å². The minimum atomic E-state index is -0.108. The van der Waals surface area contributed by atoms with Gasteiger partial charge in [-0.25, -0.2) is 4.40 Å². The Morgan fingerprint density at radius 3 is 2.48 bits per heavy atom. The van der Waals surface area contributed by atoms with Crippen molar-refractivity contribution < 1.29 is 0 Å². The van der Waals surface area contributed by atoms with Gasteiger partial charge in [0, 0.05) is 10.6 Å². The molecule has 112 valence electrons. The second-order valence-corrected chi connectivity index (χ2v) is 6.42. The predicted molar refractivity (Wildman–Crippen MR) is 92.8 cm³/mol. The molecule has 6 heteroatoms. The highest BCUT2D eigenvalue weighted by Gasteiger charge is 2.13. The quantitative estimate of drug-likeness (QED) is 0.564. The van der Waals surface area contributed by atoms with Crippen LogP contribution in [0.1, 0.15) is 5.56 Å². The van der Waals surface area contributed by atoms with Crippen LogP contribution in [0.2, 0.25) is 5.02 Å². The number of aromatic nitrogens is 3. The number of halogens is 1. The van der Waals surface area contributed by atoms with Crippen LogP contribution < -0.4 is 10.1 Å². The normalized spacial score (nSPS) is 12.1. The number of benzene rings is 2. The Morgan fingerprint density at radius 1 is 1.00 bits per heavy atom. The number of fused-ring (bicyclic) bond motifs is 1. The average molecular weight is 340 g/mol. The SMILES string of the molecule is O=c1/c(=C/c2ccc(Cl)cc2)sc2nnc(-c3ccccc3)n12. The molecule has 4 aromatic rings. The summed E-state index contributed by atoms with van der Waals surface area (Å²) in [7, 11) is 0. The lowest BCUT2D eigenvalue weighted by Gasteiger charge is -1.95. The average Bonchev–Trinajstić information content (AvgIpc) is 3.12. The molecule has 0 N–H and O–H groups in total. The van der Waals surface area contributed by atoms with Crippen LogP contribution in [0.5, 0.6) is 0 Å². The molecule has 23 heavy (non-hydrogen) atoms. The van der Waals surface area contributed by atoms with Crippen LogP contribution in [0.15, 0.2) is 59.4 Å². The number of nitrogens with zero attached hydrogens (tertiary/aromatic N) is 3. The van der Waals surface area contributed by atoms with Crippen LogP contribution in [0.25, 0.3) is 22.4 Å². The van der Waals surface area contributed by atoms with E-state index >= 15 is 0 Å². The van der Waals surface area contributed by atoms with E-state index in [-0.39, 0.29) is 5.56 Å². The standard InChI is InChI=1S/C17H10ClN3OS/c18-13-8-6-11(7-9-13)10-14-16(22)21-15(19-20-17(21)23-14)12-4-2-1-3-5-12/h1-10H/b14-10-. The van der Waals surface area contributed by atoms with Gasteiger partial charge in [-0.05, 0) is 23.8 Å². The fourth-order valence-electron chi connectivity index (χ4n) is 2.35. The number of hydrogen-bond acceptors (Lipinski definition) is 4. The maximum absolute atomic E-state index is 12.7. The first-order valence-corrected chi connectivity index (χ1v) is 8.12. The van der Waals surface area contributed by atoms with Gasteiger partial charge in [0.05, 0.1) is 4.53 Å². The van der Waals surface area contributed by atoms with Crippen molar-refractivity contribution in [2.45, 2.75) is 0 Å². The number of thiazole rings is 1. The highest BCUT2D eigenvalue weighted by atomic mass is 35.5. The van der Waals surface area contributed by atoms with E-state index < -0.39 is 0 Å². The van der Waals surface area contributed by atoms with Crippen molar-refractivity contribution in [3.8, 4) is 11.4 Å². The summed E-state index contributed by atoms with van der Waals surface area (Å²) in [4.78, 5) is 13.3. The molecule has 2 heterocycles. The molecule has 2 aromatic heterocycles. The first-order chi connectivity index (χ1) is 11.2. The lowest BCUT2D eigenvalue weighted by molar-refractivity contribution is 1.09. The summed E-state index contributed by atoms with van der Waals surface area (Å²) in [5.74, 6) is 0.567. The Bertz CT molecular complexity index is 1080. The molecule has 4 nitrogen and oxygen atoms in total. The minimum Gasteiger partial charge on any atom is -0.267 e. The molecular weight excluding hydrogens is 330 g/mol. The highest BCUT2D eigenvalue weighted by molar-refractivity contribution is 7.15. The van der Waals surface area contributed by atoms with Gasteiger partial charge in [0.2, 0.25) is 4.96 Å². The molecule has 0 fully saturated rings. The highest BCUT2D eigenvalue weighted by Crippen LogP contribution is 2.17. The van der Waals surface area contributed by atoms with Crippen LogP contribution in [-0.2, 0) is 0 Å². The summed E-state index contributed by atoms with van der Waals surface area (Å²) in [6.07, 6.45) is 1.84. The van der Waals surface area contributed by atoms with Gasteiger partial charge in [0.15, 0.2) is 5.82 Å². The largest absolute Gasteiger partial charge is 0.276 e. The van der Waals surface area contributed by atoms with Crippen LogP contribution in [-0.4, -0.2) is 14.6 Å². The maximum Gasteiger partial charge on any atom is 0.276 e. The van der Waals surface area contributed by atoms with Gasteiger partial charge in [0.1, 0.15) is 0 Å². The van der Waals surface area contributed by atoms with Gasteiger partial charge < -0.3 is 0 Å². The molecule has 0 aliphatic rings. The van der Waals surface area contributed by atoms with Gasteiger partial charge >= 0.3 is 0 Å². The smallest absolute Gasteiger partial charge is 0.267 e. The second kappa shape index (κ2) is 5.61. The molecule has 0 aliphatic carbocycles. The van der Waals surface area contributed by atoms with E-state index in [4.69, 9.17) is 11.6 Å². The molecule has 0 atom stereocenters. The predicted octanol–water partition coefficient (Wildman–Crippen LogP) is 3.02. The molecular formula is C17H10ClN3OS. The molecule has 0 unspecified atom stereocenters. The molecule has 2 aromatic carbocycles. The van der Waals surface area contributed by atoms with Crippen molar-refractivity contribution in [3.05, 3.63) is 80.1 Å². The van der Waals surface area contributed by atoms with Crippen molar-refractivity contribution in [2.24, 2.45) is 0 Å². The molecule has 0 radical (unpaired) electrons.